The number of hydrogen-bond acceptors (Lipinski definition) is 3. The fraction of sp³-hybridized carbons (Fsp3) is 0.0714. The highest BCUT2D eigenvalue weighted by atomic mass is 35.5. The van der Waals surface area contributed by atoms with Gasteiger partial charge in [0.05, 0.1) is 5.56 Å². The molecule has 1 aromatic carbocycles. The minimum Gasteiger partial charge on any atom is -0.478 e. The second kappa shape index (κ2) is 5.80. The maximum atomic E-state index is 12.0. The van der Waals surface area contributed by atoms with Crippen molar-refractivity contribution in [2.75, 3.05) is 5.32 Å². The van der Waals surface area contributed by atoms with Crippen LogP contribution in [0.4, 0.5) is 5.69 Å². The molecule has 7 heteroatoms. The zero-order chi connectivity index (χ0) is 15.6. The van der Waals surface area contributed by atoms with Crippen LogP contribution in [-0.4, -0.2) is 27.8 Å². The molecule has 2 rings (SSSR count). The molecule has 0 spiro atoms. The maximum Gasteiger partial charge on any atom is 0.335 e. The van der Waals surface area contributed by atoms with E-state index >= 15 is 0 Å². The number of hydrogen-bond donors (Lipinski definition) is 3. The van der Waals surface area contributed by atoms with Crippen molar-refractivity contribution in [1.82, 2.24) is 4.98 Å². The number of nitrogens with one attached hydrogen (secondary N) is 2. The van der Waals surface area contributed by atoms with Crippen molar-refractivity contribution < 1.29 is 19.5 Å². The molecular formula is C14H11ClN2O4. The summed E-state index contributed by atoms with van der Waals surface area (Å²) in [6, 6.07) is 5.42. The number of benzene rings is 1. The molecule has 0 saturated heterocycles. The molecule has 1 amide bonds. The smallest absolute Gasteiger partial charge is 0.335 e. The predicted molar refractivity (Wildman–Crippen MR) is 77.2 cm³/mol. The first-order valence-electron chi connectivity index (χ1n) is 5.91. The minimum atomic E-state index is -1.15. The van der Waals surface area contributed by atoms with E-state index in [-0.39, 0.29) is 27.8 Å². The summed E-state index contributed by atoms with van der Waals surface area (Å²) in [6.07, 6.45) is 1.43. The van der Waals surface area contributed by atoms with Crippen molar-refractivity contribution in [3.63, 3.8) is 0 Å². The quantitative estimate of drug-likeness (QED) is 0.756. The summed E-state index contributed by atoms with van der Waals surface area (Å²) in [5, 5.41) is 11.6. The highest BCUT2D eigenvalue weighted by molar-refractivity contribution is 6.31. The molecule has 3 N–H and O–H groups in total. The summed E-state index contributed by atoms with van der Waals surface area (Å²) >= 11 is 5.80. The molecule has 6 nitrogen and oxygen atoms in total. The second-order valence-corrected chi connectivity index (χ2v) is 4.78. The van der Waals surface area contributed by atoms with E-state index in [0.717, 1.165) is 0 Å². The van der Waals surface area contributed by atoms with Crippen molar-refractivity contribution >= 4 is 34.9 Å². The van der Waals surface area contributed by atoms with Gasteiger partial charge in [-0.1, -0.05) is 11.6 Å². The lowest BCUT2D eigenvalue weighted by atomic mass is 10.2. The molecule has 1 aromatic heterocycles. The van der Waals surface area contributed by atoms with Crippen LogP contribution in [0.1, 0.15) is 38.1 Å². The number of anilines is 1. The molecule has 0 fully saturated rings. The summed E-state index contributed by atoms with van der Waals surface area (Å²) in [7, 11) is 0. The summed E-state index contributed by atoms with van der Waals surface area (Å²) in [5.41, 5.74) is 0.798. The van der Waals surface area contributed by atoms with E-state index in [0.29, 0.717) is 5.56 Å². The number of halogens is 1. The van der Waals surface area contributed by atoms with Gasteiger partial charge < -0.3 is 15.4 Å². The molecular weight excluding hydrogens is 296 g/mol. The van der Waals surface area contributed by atoms with Gasteiger partial charge in [0, 0.05) is 22.5 Å². The van der Waals surface area contributed by atoms with Gasteiger partial charge in [-0.25, -0.2) is 4.79 Å². The first-order chi connectivity index (χ1) is 9.86. The Balaban J connectivity index is 2.22. The van der Waals surface area contributed by atoms with Crippen LogP contribution in [-0.2, 0) is 0 Å². The van der Waals surface area contributed by atoms with Crippen molar-refractivity contribution in [3.05, 3.63) is 52.3 Å². The van der Waals surface area contributed by atoms with Crippen molar-refractivity contribution in [1.29, 1.82) is 0 Å². The Kier molecular flexibility index (Phi) is 4.09. The fourth-order valence-electron chi connectivity index (χ4n) is 1.71. The number of aromatic carboxylic acids is 1. The van der Waals surface area contributed by atoms with E-state index in [4.69, 9.17) is 16.7 Å². The number of Topliss-reactive ketones (excluding diaryl/α,β-unsaturated/α-hetero) is 1. The average molecular weight is 307 g/mol. The van der Waals surface area contributed by atoms with E-state index in [1.165, 1.54) is 37.4 Å². The van der Waals surface area contributed by atoms with Gasteiger partial charge in [-0.05, 0) is 31.2 Å². The van der Waals surface area contributed by atoms with Crippen LogP contribution in [0.15, 0.2) is 30.5 Å². The number of carboxylic acid groups (broad SMARTS) is 1. The van der Waals surface area contributed by atoms with Crippen molar-refractivity contribution in [2.24, 2.45) is 0 Å². The number of aromatic amines is 1. The third-order valence-electron chi connectivity index (χ3n) is 2.74. The lowest BCUT2D eigenvalue weighted by Gasteiger charge is -2.06. The Hall–Kier alpha value is -2.60. The molecule has 0 bridgehead atoms. The van der Waals surface area contributed by atoms with E-state index in [1.807, 2.05) is 0 Å². The normalized spacial score (nSPS) is 10.2. The second-order valence-electron chi connectivity index (χ2n) is 4.35. The highest BCUT2D eigenvalue weighted by Crippen LogP contribution is 2.20. The number of carbonyl (C=O) groups excluding carboxylic acids is 2. The highest BCUT2D eigenvalue weighted by Gasteiger charge is 2.13. The molecule has 0 atom stereocenters. The van der Waals surface area contributed by atoms with E-state index in [2.05, 4.69) is 10.3 Å². The topological polar surface area (TPSA) is 99.3 Å². The van der Waals surface area contributed by atoms with Gasteiger partial charge in [-0.3, -0.25) is 9.59 Å². The molecule has 108 valence electrons. The first-order valence-corrected chi connectivity index (χ1v) is 6.29. The molecule has 0 aliphatic rings. The van der Waals surface area contributed by atoms with E-state index in [9.17, 15) is 14.4 Å². The summed E-state index contributed by atoms with van der Waals surface area (Å²) in [4.78, 5) is 36.8. The average Bonchev–Trinajstić information content (AvgIpc) is 2.87. The summed E-state index contributed by atoms with van der Waals surface area (Å²) < 4.78 is 0. The Morgan fingerprint density at radius 3 is 2.43 bits per heavy atom. The van der Waals surface area contributed by atoms with Gasteiger partial charge in [-0.15, -0.1) is 0 Å². The molecule has 21 heavy (non-hydrogen) atoms. The molecule has 0 aliphatic carbocycles. The number of amides is 1. The van der Waals surface area contributed by atoms with Crippen LogP contribution >= 0.6 is 11.6 Å². The summed E-state index contributed by atoms with van der Waals surface area (Å²) in [6.45, 7) is 1.39. The van der Waals surface area contributed by atoms with Crippen LogP contribution in [0.2, 0.25) is 5.02 Å². The zero-order valence-corrected chi connectivity index (χ0v) is 11.7. The van der Waals surface area contributed by atoms with Crippen LogP contribution in [0.3, 0.4) is 0 Å². The number of carboxylic acids is 1. The predicted octanol–water partition coefficient (Wildman–Crippen LogP) is 2.82. The number of H-pyrrole nitrogens is 1. The SMILES string of the molecule is CC(=O)c1c[nH]c(C(=O)Nc2cc(Cl)cc(C(=O)O)c2)c1. The zero-order valence-electron chi connectivity index (χ0n) is 10.9. The third kappa shape index (κ3) is 3.49. The van der Waals surface area contributed by atoms with Crippen molar-refractivity contribution in [2.45, 2.75) is 6.92 Å². The number of aromatic nitrogens is 1. The third-order valence-corrected chi connectivity index (χ3v) is 2.95. The Bertz CT molecular complexity index is 736. The van der Waals surface area contributed by atoms with Crippen LogP contribution in [0.5, 0.6) is 0 Å². The molecule has 0 radical (unpaired) electrons. The Morgan fingerprint density at radius 2 is 1.86 bits per heavy atom. The maximum absolute atomic E-state index is 12.0. The van der Waals surface area contributed by atoms with Gasteiger partial charge in [0.15, 0.2) is 5.78 Å². The molecule has 0 aliphatic heterocycles. The van der Waals surface area contributed by atoms with Crippen LogP contribution in [0, 0.1) is 0 Å². The van der Waals surface area contributed by atoms with E-state index < -0.39 is 11.9 Å². The lowest BCUT2D eigenvalue weighted by Crippen LogP contribution is -2.12. The monoisotopic (exact) mass is 306 g/mol. The van der Waals surface area contributed by atoms with Gasteiger partial charge >= 0.3 is 5.97 Å². The molecule has 0 saturated carbocycles. The first kappa shape index (κ1) is 14.8. The minimum absolute atomic E-state index is 0.0336. The van der Waals surface area contributed by atoms with Gasteiger partial charge in [0.2, 0.25) is 0 Å². The van der Waals surface area contributed by atoms with Gasteiger partial charge in [0.25, 0.3) is 5.91 Å². The van der Waals surface area contributed by atoms with E-state index in [1.54, 1.807) is 0 Å². The standard InChI is InChI=1S/C14H11ClN2O4/c1-7(18)9-4-12(16-6-9)13(19)17-11-3-8(14(20)21)2-10(15)5-11/h2-6,16H,1H3,(H,17,19)(H,20,21). The molecule has 0 unspecified atom stereocenters. The van der Waals surface area contributed by atoms with Gasteiger partial charge in [-0.2, -0.15) is 0 Å². The van der Waals surface area contributed by atoms with Gasteiger partial charge in [0.1, 0.15) is 5.69 Å². The molecule has 1 heterocycles. The molecule has 2 aromatic rings. The number of ketones is 1. The summed E-state index contributed by atoms with van der Waals surface area (Å²) in [5.74, 6) is -1.81. The van der Waals surface area contributed by atoms with Crippen molar-refractivity contribution in [3.8, 4) is 0 Å². The number of rotatable bonds is 4. The lowest BCUT2D eigenvalue weighted by molar-refractivity contribution is 0.0696. The largest absolute Gasteiger partial charge is 0.478 e. The Morgan fingerprint density at radius 1 is 1.14 bits per heavy atom. The fourth-order valence-corrected chi connectivity index (χ4v) is 1.95. The number of carbonyl (C=O) groups is 3. The Labute approximate surface area is 124 Å². The van der Waals surface area contributed by atoms with Crippen LogP contribution < -0.4 is 5.32 Å². The van der Waals surface area contributed by atoms with Crippen LogP contribution in [0.25, 0.3) is 0 Å².